The fourth-order valence-electron chi connectivity index (χ4n) is 7.25. The standard InChI is InChI=1S/C34H41N3O6/c1-33(2,23-8-6-5-7-9-23)37-31(39)28-20-10-11-21(16-20)29(28)36-30(38)25-18-26(22(19-35)17-27(25)42-4)43-24-12-14-34(3,15-13-24)32(40)41/h5-9,17-18,20-21,24,28-29H,10-16H2,1-4H3,(H,36,38)(H,37,39)(H,40,41)/t20-,21+,24-,28+,29-,34+/m1/s1. The molecule has 3 fully saturated rings. The Bertz CT molecular complexity index is 1420. The van der Waals surface area contributed by atoms with E-state index in [4.69, 9.17) is 9.47 Å². The van der Waals surface area contributed by atoms with Crippen LogP contribution in [0, 0.1) is 34.5 Å². The van der Waals surface area contributed by atoms with Crippen molar-refractivity contribution in [2.45, 2.75) is 83.4 Å². The summed E-state index contributed by atoms with van der Waals surface area (Å²) in [5.41, 5.74) is 0.114. The van der Waals surface area contributed by atoms with E-state index in [0.29, 0.717) is 25.7 Å². The van der Waals surface area contributed by atoms with Gasteiger partial charge in [-0.2, -0.15) is 5.26 Å². The monoisotopic (exact) mass is 587 g/mol. The van der Waals surface area contributed by atoms with Gasteiger partial charge in [-0.1, -0.05) is 30.3 Å². The first-order valence-corrected chi connectivity index (χ1v) is 15.2. The highest BCUT2D eigenvalue weighted by molar-refractivity contribution is 5.98. The van der Waals surface area contributed by atoms with Crippen LogP contribution in [0.2, 0.25) is 0 Å². The number of rotatable bonds is 9. The van der Waals surface area contributed by atoms with Gasteiger partial charge in [-0.15, -0.1) is 0 Å². The molecule has 2 aromatic carbocycles. The third-order valence-corrected chi connectivity index (χ3v) is 9.96. The predicted octanol–water partition coefficient (Wildman–Crippen LogP) is 5.18. The fraction of sp³-hybridized carbons (Fsp3) is 0.529. The number of nitrogens with zero attached hydrogens (tertiary/aromatic N) is 1. The average molecular weight is 588 g/mol. The highest BCUT2D eigenvalue weighted by Gasteiger charge is 2.52. The van der Waals surface area contributed by atoms with Crippen molar-refractivity contribution in [3.05, 3.63) is 59.2 Å². The number of methoxy groups -OCH3 is 1. The van der Waals surface area contributed by atoms with Gasteiger partial charge in [0.15, 0.2) is 0 Å². The van der Waals surface area contributed by atoms with E-state index in [1.54, 1.807) is 13.0 Å². The van der Waals surface area contributed by atoms with Crippen molar-refractivity contribution in [2.75, 3.05) is 7.11 Å². The van der Waals surface area contributed by atoms with Crippen LogP contribution in [0.5, 0.6) is 11.5 Å². The second kappa shape index (κ2) is 11.9. The van der Waals surface area contributed by atoms with Crippen LogP contribution >= 0.6 is 0 Å². The average Bonchev–Trinajstić information content (AvgIpc) is 3.60. The highest BCUT2D eigenvalue weighted by Crippen LogP contribution is 2.49. The lowest BCUT2D eigenvalue weighted by atomic mass is 9.75. The minimum atomic E-state index is -0.816. The number of hydrogen-bond acceptors (Lipinski definition) is 6. The molecule has 0 unspecified atom stereocenters. The van der Waals surface area contributed by atoms with Crippen molar-refractivity contribution in [3.8, 4) is 17.6 Å². The number of amides is 2. The topological polar surface area (TPSA) is 138 Å². The summed E-state index contributed by atoms with van der Waals surface area (Å²) in [5.74, 6) is -0.692. The van der Waals surface area contributed by atoms with E-state index in [0.717, 1.165) is 24.8 Å². The number of nitrogens with one attached hydrogen (secondary N) is 2. The lowest BCUT2D eigenvalue weighted by molar-refractivity contribution is -0.150. The van der Waals surface area contributed by atoms with Gasteiger partial charge in [-0.25, -0.2) is 0 Å². The molecule has 3 N–H and O–H groups in total. The van der Waals surface area contributed by atoms with Gasteiger partial charge < -0.3 is 25.2 Å². The van der Waals surface area contributed by atoms with Crippen LogP contribution in [0.4, 0.5) is 0 Å². The number of benzene rings is 2. The second-order valence-corrected chi connectivity index (χ2v) is 13.2. The van der Waals surface area contributed by atoms with Crippen LogP contribution in [0.3, 0.4) is 0 Å². The number of carboxylic acids is 1. The molecular weight excluding hydrogens is 546 g/mol. The molecule has 3 aliphatic rings. The summed E-state index contributed by atoms with van der Waals surface area (Å²) in [6.07, 6.45) is 4.53. The Morgan fingerprint density at radius 1 is 1.02 bits per heavy atom. The van der Waals surface area contributed by atoms with Gasteiger partial charge in [0.1, 0.15) is 17.6 Å². The fourth-order valence-corrected chi connectivity index (χ4v) is 7.25. The summed E-state index contributed by atoms with van der Waals surface area (Å²) in [5, 5.41) is 25.8. The molecule has 2 bridgehead atoms. The van der Waals surface area contributed by atoms with Crippen molar-refractivity contribution in [2.24, 2.45) is 23.2 Å². The van der Waals surface area contributed by atoms with Gasteiger partial charge >= 0.3 is 5.97 Å². The quantitative estimate of drug-likeness (QED) is 0.368. The zero-order chi connectivity index (χ0) is 30.9. The van der Waals surface area contributed by atoms with Gasteiger partial charge in [-0.3, -0.25) is 14.4 Å². The smallest absolute Gasteiger partial charge is 0.309 e. The summed E-state index contributed by atoms with van der Waals surface area (Å²) in [4.78, 5) is 39.2. The van der Waals surface area contributed by atoms with E-state index in [1.807, 2.05) is 44.2 Å². The molecule has 2 aromatic rings. The highest BCUT2D eigenvalue weighted by atomic mass is 16.5. The molecule has 5 rings (SSSR count). The van der Waals surface area contributed by atoms with E-state index < -0.39 is 16.9 Å². The molecule has 0 spiro atoms. The molecule has 3 saturated carbocycles. The zero-order valence-electron chi connectivity index (χ0n) is 25.3. The predicted molar refractivity (Wildman–Crippen MR) is 160 cm³/mol. The lowest BCUT2D eigenvalue weighted by Crippen LogP contribution is -2.53. The van der Waals surface area contributed by atoms with Crippen LogP contribution in [0.1, 0.15) is 87.2 Å². The molecule has 9 heteroatoms. The minimum Gasteiger partial charge on any atom is -0.496 e. The molecule has 0 heterocycles. The number of fused-ring (bicyclic) bond motifs is 2. The zero-order valence-corrected chi connectivity index (χ0v) is 25.3. The first kappa shape index (κ1) is 30.4. The molecule has 43 heavy (non-hydrogen) atoms. The number of ether oxygens (including phenoxy) is 2. The SMILES string of the molecule is COc1cc(C#N)c(O[C@H]2CC[C@@](C)(C(=O)O)CC2)cc1C(=O)N[C@@H]1[C@H]2CC[C@H](C2)[C@@H]1C(=O)NC(C)(C)c1ccccc1. The largest absolute Gasteiger partial charge is 0.496 e. The van der Waals surface area contributed by atoms with Gasteiger partial charge in [0.25, 0.3) is 5.91 Å². The number of aliphatic carboxylic acids is 1. The van der Waals surface area contributed by atoms with Crippen molar-refractivity contribution in [1.29, 1.82) is 5.26 Å². The van der Waals surface area contributed by atoms with Crippen LogP contribution in [-0.2, 0) is 15.1 Å². The summed E-state index contributed by atoms with van der Waals surface area (Å²) in [7, 11) is 1.45. The number of nitriles is 1. The lowest BCUT2D eigenvalue weighted by Gasteiger charge is -2.35. The Kier molecular flexibility index (Phi) is 8.42. The minimum absolute atomic E-state index is 0.0622. The first-order valence-electron chi connectivity index (χ1n) is 15.2. The van der Waals surface area contributed by atoms with Crippen molar-refractivity contribution >= 4 is 17.8 Å². The maximum atomic E-state index is 13.8. The second-order valence-electron chi connectivity index (χ2n) is 13.2. The summed E-state index contributed by atoms with van der Waals surface area (Å²) in [6, 6.07) is 14.7. The Morgan fingerprint density at radius 2 is 1.70 bits per heavy atom. The molecule has 4 atom stereocenters. The van der Waals surface area contributed by atoms with Crippen LogP contribution in [-0.4, -0.2) is 42.1 Å². The van der Waals surface area contributed by atoms with Crippen LogP contribution in [0.25, 0.3) is 0 Å². The summed E-state index contributed by atoms with van der Waals surface area (Å²) >= 11 is 0. The third-order valence-electron chi connectivity index (χ3n) is 9.96. The molecule has 0 saturated heterocycles. The van der Waals surface area contributed by atoms with Crippen molar-refractivity contribution < 1.29 is 29.0 Å². The third kappa shape index (κ3) is 6.06. The van der Waals surface area contributed by atoms with E-state index in [2.05, 4.69) is 16.7 Å². The Labute approximate surface area is 252 Å². The van der Waals surface area contributed by atoms with E-state index in [9.17, 15) is 24.8 Å². The Morgan fingerprint density at radius 3 is 2.33 bits per heavy atom. The molecule has 9 nitrogen and oxygen atoms in total. The Hall–Kier alpha value is -4.06. The van der Waals surface area contributed by atoms with Crippen molar-refractivity contribution in [3.63, 3.8) is 0 Å². The number of carbonyl (C=O) groups excluding carboxylic acids is 2. The van der Waals surface area contributed by atoms with Crippen molar-refractivity contribution in [1.82, 2.24) is 10.6 Å². The summed E-state index contributed by atoms with van der Waals surface area (Å²) in [6.45, 7) is 5.71. The number of carbonyl (C=O) groups is 3. The van der Waals surface area contributed by atoms with Crippen LogP contribution < -0.4 is 20.1 Å². The number of hydrogen-bond donors (Lipinski definition) is 3. The van der Waals surface area contributed by atoms with E-state index >= 15 is 0 Å². The molecule has 3 aliphatic carbocycles. The molecule has 0 radical (unpaired) electrons. The first-order chi connectivity index (χ1) is 20.5. The van der Waals surface area contributed by atoms with E-state index in [1.165, 1.54) is 13.2 Å². The maximum absolute atomic E-state index is 13.8. The van der Waals surface area contributed by atoms with Crippen LogP contribution in [0.15, 0.2) is 42.5 Å². The number of carboxylic acid groups (broad SMARTS) is 1. The van der Waals surface area contributed by atoms with Gasteiger partial charge in [0, 0.05) is 12.1 Å². The molecule has 0 aromatic heterocycles. The maximum Gasteiger partial charge on any atom is 0.309 e. The van der Waals surface area contributed by atoms with Gasteiger partial charge in [0.2, 0.25) is 5.91 Å². The van der Waals surface area contributed by atoms with E-state index in [-0.39, 0.29) is 64.3 Å². The molecule has 0 aliphatic heterocycles. The molecular formula is C34H41N3O6. The Balaban J connectivity index is 1.34. The normalized spacial score (nSPS) is 28.0. The van der Waals surface area contributed by atoms with Gasteiger partial charge in [0.05, 0.1) is 41.2 Å². The molecule has 2 amide bonds. The van der Waals surface area contributed by atoms with Gasteiger partial charge in [-0.05, 0) is 89.2 Å². The molecule has 228 valence electrons. The summed E-state index contributed by atoms with van der Waals surface area (Å²) < 4.78 is 11.7.